The van der Waals surface area contributed by atoms with E-state index in [1.807, 2.05) is 50.2 Å². The molecule has 0 bridgehead atoms. The van der Waals surface area contributed by atoms with E-state index in [1.54, 1.807) is 36.4 Å². The molecule has 184 valence electrons. The Morgan fingerprint density at radius 3 is 2.31 bits per heavy atom. The molecule has 1 N–H and O–H groups in total. The number of anilines is 2. The average molecular weight is 494 g/mol. The predicted molar refractivity (Wildman–Crippen MR) is 138 cm³/mol. The van der Waals surface area contributed by atoms with E-state index in [0.29, 0.717) is 12.2 Å². The normalized spacial score (nSPS) is 13.9. The van der Waals surface area contributed by atoms with Crippen LogP contribution in [0.4, 0.5) is 11.4 Å². The smallest absolute Gasteiger partial charge is 0.264 e. The Labute approximate surface area is 207 Å². The van der Waals surface area contributed by atoms with Gasteiger partial charge in [-0.05, 0) is 55.3 Å². The molecule has 1 saturated heterocycles. The highest BCUT2D eigenvalue weighted by Gasteiger charge is 2.28. The van der Waals surface area contributed by atoms with Crippen LogP contribution < -0.4 is 14.5 Å². The summed E-state index contributed by atoms with van der Waals surface area (Å²) in [4.78, 5) is 15.3. The number of rotatable bonds is 8. The predicted octanol–water partition coefficient (Wildman–Crippen LogP) is 3.65. The molecule has 0 radical (unpaired) electrons. The summed E-state index contributed by atoms with van der Waals surface area (Å²) in [6.45, 7) is 6.97. The van der Waals surface area contributed by atoms with Crippen LogP contribution in [-0.4, -0.2) is 47.2 Å². The second kappa shape index (κ2) is 10.9. The van der Waals surface area contributed by atoms with Crippen LogP contribution in [0.15, 0.2) is 77.7 Å². The molecule has 0 saturated carbocycles. The van der Waals surface area contributed by atoms with Crippen molar-refractivity contribution in [3.63, 3.8) is 0 Å². The number of aryl methyl sites for hydroxylation is 2. The van der Waals surface area contributed by atoms with Gasteiger partial charge in [0, 0.05) is 25.3 Å². The van der Waals surface area contributed by atoms with Gasteiger partial charge in [0.1, 0.15) is 6.54 Å². The molecule has 0 aliphatic carbocycles. The SMILES string of the molecule is Cc1ccc(N(CC(=O)NCc2ccc(N3CCOCC3)cc2)S(=O)(=O)c2ccccc2)c(C)c1. The van der Waals surface area contributed by atoms with E-state index in [0.717, 1.165) is 48.7 Å². The van der Waals surface area contributed by atoms with Crippen molar-refractivity contribution in [1.29, 1.82) is 0 Å². The Bertz CT molecular complexity index is 1260. The molecule has 1 amide bonds. The lowest BCUT2D eigenvalue weighted by Crippen LogP contribution is -2.41. The lowest BCUT2D eigenvalue weighted by atomic mass is 10.1. The van der Waals surface area contributed by atoms with Crippen molar-refractivity contribution in [3.8, 4) is 0 Å². The van der Waals surface area contributed by atoms with Gasteiger partial charge in [-0.25, -0.2) is 8.42 Å². The van der Waals surface area contributed by atoms with Crippen LogP contribution in [0.25, 0.3) is 0 Å². The molecular weight excluding hydrogens is 462 g/mol. The number of sulfonamides is 1. The third kappa shape index (κ3) is 6.01. The lowest BCUT2D eigenvalue weighted by molar-refractivity contribution is -0.119. The molecule has 1 fully saturated rings. The number of carbonyl (C=O) groups excluding carboxylic acids is 1. The van der Waals surface area contributed by atoms with E-state index in [9.17, 15) is 13.2 Å². The number of nitrogens with one attached hydrogen (secondary N) is 1. The highest BCUT2D eigenvalue weighted by atomic mass is 32.2. The van der Waals surface area contributed by atoms with Gasteiger partial charge in [-0.3, -0.25) is 9.10 Å². The number of hydrogen-bond donors (Lipinski definition) is 1. The van der Waals surface area contributed by atoms with E-state index >= 15 is 0 Å². The number of ether oxygens (including phenoxy) is 1. The molecule has 8 heteroatoms. The van der Waals surface area contributed by atoms with Gasteiger partial charge in [0.2, 0.25) is 5.91 Å². The van der Waals surface area contributed by atoms with E-state index < -0.39 is 10.0 Å². The molecule has 0 unspecified atom stereocenters. The molecule has 0 spiro atoms. The van der Waals surface area contributed by atoms with Gasteiger partial charge in [0.05, 0.1) is 23.8 Å². The number of nitrogens with zero attached hydrogens (tertiary/aromatic N) is 2. The first kappa shape index (κ1) is 24.8. The van der Waals surface area contributed by atoms with Crippen LogP contribution in [0, 0.1) is 13.8 Å². The first-order chi connectivity index (χ1) is 16.8. The number of morpholine rings is 1. The molecule has 0 aromatic heterocycles. The maximum atomic E-state index is 13.5. The zero-order valence-electron chi connectivity index (χ0n) is 20.1. The van der Waals surface area contributed by atoms with Gasteiger partial charge in [-0.15, -0.1) is 0 Å². The van der Waals surface area contributed by atoms with Crippen LogP contribution in [0.2, 0.25) is 0 Å². The van der Waals surface area contributed by atoms with Crippen molar-refractivity contribution in [2.75, 3.05) is 42.1 Å². The van der Waals surface area contributed by atoms with Gasteiger partial charge in [0.15, 0.2) is 0 Å². The third-order valence-electron chi connectivity index (χ3n) is 6.04. The summed E-state index contributed by atoms with van der Waals surface area (Å²) in [7, 11) is -3.93. The topological polar surface area (TPSA) is 79.0 Å². The van der Waals surface area contributed by atoms with Crippen LogP contribution >= 0.6 is 0 Å². The van der Waals surface area contributed by atoms with Gasteiger partial charge in [-0.1, -0.05) is 48.0 Å². The molecule has 3 aromatic carbocycles. The fraction of sp³-hybridized carbons (Fsp3) is 0.296. The fourth-order valence-electron chi connectivity index (χ4n) is 4.14. The van der Waals surface area contributed by atoms with Crippen LogP contribution in [0.3, 0.4) is 0 Å². The van der Waals surface area contributed by atoms with E-state index in [4.69, 9.17) is 4.74 Å². The minimum Gasteiger partial charge on any atom is -0.378 e. The lowest BCUT2D eigenvalue weighted by Gasteiger charge is -2.29. The zero-order valence-corrected chi connectivity index (χ0v) is 20.9. The summed E-state index contributed by atoms with van der Waals surface area (Å²) in [6, 6.07) is 21.7. The average Bonchev–Trinajstić information content (AvgIpc) is 2.88. The molecule has 1 heterocycles. The summed E-state index contributed by atoms with van der Waals surface area (Å²) < 4.78 is 33.6. The molecule has 35 heavy (non-hydrogen) atoms. The first-order valence-corrected chi connectivity index (χ1v) is 13.1. The van der Waals surface area contributed by atoms with E-state index in [1.165, 1.54) is 4.31 Å². The summed E-state index contributed by atoms with van der Waals surface area (Å²) >= 11 is 0. The zero-order chi connectivity index (χ0) is 24.8. The quantitative estimate of drug-likeness (QED) is 0.518. The Kier molecular flexibility index (Phi) is 7.73. The van der Waals surface area contributed by atoms with Crippen molar-refractivity contribution in [2.45, 2.75) is 25.3 Å². The summed E-state index contributed by atoms with van der Waals surface area (Å²) in [5.41, 5.74) is 4.37. The minimum absolute atomic E-state index is 0.145. The molecule has 7 nitrogen and oxygen atoms in total. The molecule has 3 aromatic rings. The molecule has 0 atom stereocenters. The maximum Gasteiger partial charge on any atom is 0.264 e. The van der Waals surface area contributed by atoms with Crippen LogP contribution in [-0.2, 0) is 26.1 Å². The number of amides is 1. The van der Waals surface area contributed by atoms with Crippen molar-refractivity contribution in [3.05, 3.63) is 89.5 Å². The van der Waals surface area contributed by atoms with Gasteiger partial charge >= 0.3 is 0 Å². The van der Waals surface area contributed by atoms with Crippen LogP contribution in [0.5, 0.6) is 0 Å². The summed E-state index contributed by atoms with van der Waals surface area (Å²) in [5.74, 6) is -0.373. The van der Waals surface area contributed by atoms with Crippen molar-refractivity contribution in [1.82, 2.24) is 5.32 Å². The Balaban J connectivity index is 1.48. The fourth-order valence-corrected chi connectivity index (χ4v) is 5.64. The number of benzene rings is 3. The minimum atomic E-state index is -3.93. The molecule has 4 rings (SSSR count). The maximum absolute atomic E-state index is 13.5. The Morgan fingerprint density at radius 2 is 1.66 bits per heavy atom. The summed E-state index contributed by atoms with van der Waals surface area (Å²) in [6.07, 6.45) is 0. The van der Waals surface area contributed by atoms with Crippen molar-refractivity contribution in [2.24, 2.45) is 0 Å². The van der Waals surface area contributed by atoms with Crippen molar-refractivity contribution < 1.29 is 17.9 Å². The van der Waals surface area contributed by atoms with Gasteiger partial charge < -0.3 is 15.0 Å². The molecule has 1 aliphatic heterocycles. The second-order valence-corrected chi connectivity index (χ2v) is 10.5. The molecule has 1 aliphatic rings. The van der Waals surface area contributed by atoms with Crippen LogP contribution in [0.1, 0.15) is 16.7 Å². The Morgan fingerprint density at radius 1 is 0.971 bits per heavy atom. The monoisotopic (exact) mass is 493 g/mol. The highest BCUT2D eigenvalue weighted by molar-refractivity contribution is 7.92. The van der Waals surface area contributed by atoms with Crippen molar-refractivity contribution >= 4 is 27.3 Å². The Hall–Kier alpha value is -3.36. The van der Waals surface area contributed by atoms with Gasteiger partial charge in [-0.2, -0.15) is 0 Å². The first-order valence-electron chi connectivity index (χ1n) is 11.7. The standard InChI is InChI=1S/C27H31N3O4S/c1-21-8-13-26(22(2)18-21)30(35(32,33)25-6-4-3-5-7-25)20-27(31)28-19-23-9-11-24(12-10-23)29-14-16-34-17-15-29/h3-13,18H,14-17,19-20H2,1-2H3,(H,28,31). The number of hydrogen-bond acceptors (Lipinski definition) is 5. The summed E-state index contributed by atoms with van der Waals surface area (Å²) in [5, 5.41) is 2.87. The largest absolute Gasteiger partial charge is 0.378 e. The van der Waals surface area contributed by atoms with E-state index in [-0.39, 0.29) is 17.3 Å². The second-order valence-electron chi connectivity index (χ2n) is 8.66. The van der Waals surface area contributed by atoms with E-state index in [2.05, 4.69) is 10.2 Å². The molecular formula is C27H31N3O4S. The number of carbonyl (C=O) groups is 1. The van der Waals surface area contributed by atoms with Gasteiger partial charge in [0.25, 0.3) is 10.0 Å². The highest BCUT2D eigenvalue weighted by Crippen LogP contribution is 2.27. The third-order valence-corrected chi connectivity index (χ3v) is 7.82.